The Morgan fingerprint density at radius 3 is 3.05 bits per heavy atom. The Balaban J connectivity index is 2.23. The summed E-state index contributed by atoms with van der Waals surface area (Å²) >= 11 is 5.73. The summed E-state index contributed by atoms with van der Waals surface area (Å²) in [6, 6.07) is 6.23. The molecular weight excluding hydrogens is 419 g/mol. The van der Waals surface area contributed by atoms with E-state index in [0.29, 0.717) is 6.04 Å². The maximum Gasteiger partial charge on any atom is 0.255 e. The predicted molar refractivity (Wildman–Crippen MR) is 89.5 cm³/mol. The minimum absolute atomic E-state index is 0.144. The van der Waals surface area contributed by atoms with Gasteiger partial charge >= 0.3 is 0 Å². The number of hydrogen-bond donors (Lipinski definition) is 1. The summed E-state index contributed by atoms with van der Waals surface area (Å²) in [5.41, 5.74) is 0.773. The largest absolute Gasteiger partial charge is 0.334 e. The first-order valence-electron chi connectivity index (χ1n) is 6.54. The average Bonchev–Trinajstić information content (AvgIpc) is 2.42. The van der Waals surface area contributed by atoms with Crippen LogP contribution < -0.4 is 5.32 Å². The lowest BCUT2D eigenvalue weighted by Crippen LogP contribution is -2.48. The van der Waals surface area contributed by atoms with E-state index in [1.165, 1.54) is 6.42 Å². The first-order chi connectivity index (χ1) is 9.13. The normalized spacial score (nSPS) is 19.5. The third-order valence-electron chi connectivity index (χ3n) is 3.49. The van der Waals surface area contributed by atoms with Crippen LogP contribution in [-0.4, -0.2) is 37.0 Å². The highest BCUT2D eigenvalue weighted by Gasteiger charge is 2.27. The Kier molecular flexibility index (Phi) is 5.65. The van der Waals surface area contributed by atoms with Gasteiger partial charge in [-0.05, 0) is 83.0 Å². The van der Waals surface area contributed by atoms with E-state index in [9.17, 15) is 4.79 Å². The number of amides is 1. The molecule has 0 aliphatic carbocycles. The lowest BCUT2D eigenvalue weighted by atomic mass is 10.0. The Hall–Kier alpha value is -0.140. The zero-order valence-electron chi connectivity index (χ0n) is 11.0. The molecule has 3 nitrogen and oxygen atoms in total. The molecule has 1 amide bonds. The van der Waals surface area contributed by atoms with Crippen molar-refractivity contribution in [1.29, 1.82) is 0 Å². The van der Waals surface area contributed by atoms with Gasteiger partial charge in [-0.15, -0.1) is 0 Å². The first-order valence-corrected chi connectivity index (χ1v) is 8.41. The van der Waals surface area contributed by atoms with Gasteiger partial charge in [0.1, 0.15) is 0 Å². The van der Waals surface area contributed by atoms with Crippen LogP contribution in [0.15, 0.2) is 22.7 Å². The number of hydrogen-bond acceptors (Lipinski definition) is 2. The van der Waals surface area contributed by atoms with Crippen molar-refractivity contribution >= 4 is 44.4 Å². The van der Waals surface area contributed by atoms with Crippen LogP contribution in [0.1, 0.15) is 29.6 Å². The van der Waals surface area contributed by atoms with Crippen LogP contribution in [0, 0.1) is 3.57 Å². The minimum Gasteiger partial charge on any atom is -0.334 e. The fourth-order valence-electron chi connectivity index (χ4n) is 2.53. The van der Waals surface area contributed by atoms with Crippen molar-refractivity contribution in [2.24, 2.45) is 0 Å². The molecule has 1 heterocycles. The number of carbonyl (C=O) groups excluding carboxylic acids is 1. The lowest BCUT2D eigenvalue weighted by molar-refractivity contribution is 0.0614. The first kappa shape index (κ1) is 15.3. The summed E-state index contributed by atoms with van der Waals surface area (Å²) in [4.78, 5) is 14.7. The van der Waals surface area contributed by atoms with E-state index in [4.69, 9.17) is 0 Å². The Labute approximate surface area is 136 Å². The molecule has 1 saturated heterocycles. The second-order valence-corrected chi connectivity index (χ2v) is 6.93. The molecule has 0 aromatic heterocycles. The third-order valence-corrected chi connectivity index (χ3v) is 4.85. The number of nitrogens with zero attached hydrogens (tertiary/aromatic N) is 1. The van der Waals surface area contributed by atoms with Crippen molar-refractivity contribution in [3.05, 3.63) is 31.8 Å². The Morgan fingerprint density at radius 1 is 1.53 bits per heavy atom. The molecule has 1 aromatic rings. The monoisotopic (exact) mass is 436 g/mol. The SMILES string of the molecule is CNCC1CCCCN1C(=O)c1cc(I)ccc1Br. The molecule has 2 rings (SSSR count). The molecule has 0 radical (unpaired) electrons. The van der Waals surface area contributed by atoms with E-state index in [-0.39, 0.29) is 5.91 Å². The predicted octanol–water partition coefficient (Wildman–Crippen LogP) is 3.27. The van der Waals surface area contributed by atoms with Crippen molar-refractivity contribution in [3.8, 4) is 0 Å². The maximum absolute atomic E-state index is 12.7. The van der Waals surface area contributed by atoms with E-state index >= 15 is 0 Å². The van der Waals surface area contributed by atoms with Crippen LogP contribution in [0.4, 0.5) is 0 Å². The smallest absolute Gasteiger partial charge is 0.255 e. The summed E-state index contributed by atoms with van der Waals surface area (Å²) < 4.78 is 1.97. The maximum atomic E-state index is 12.7. The number of likely N-dealkylation sites (tertiary alicyclic amines) is 1. The van der Waals surface area contributed by atoms with E-state index in [1.807, 2.05) is 30.1 Å². The highest BCUT2D eigenvalue weighted by atomic mass is 127. The van der Waals surface area contributed by atoms with Gasteiger partial charge in [0.15, 0.2) is 0 Å². The molecule has 5 heteroatoms. The second-order valence-electron chi connectivity index (χ2n) is 4.83. The molecule has 0 bridgehead atoms. The summed E-state index contributed by atoms with van der Waals surface area (Å²) in [6.07, 6.45) is 3.41. The van der Waals surface area contributed by atoms with E-state index in [2.05, 4.69) is 43.8 Å². The van der Waals surface area contributed by atoms with Crippen molar-refractivity contribution in [1.82, 2.24) is 10.2 Å². The molecule has 0 spiro atoms. The van der Waals surface area contributed by atoms with Crippen LogP contribution in [0.2, 0.25) is 0 Å². The Bertz CT molecular complexity index is 465. The van der Waals surface area contributed by atoms with E-state index in [0.717, 1.165) is 39.5 Å². The third kappa shape index (κ3) is 3.70. The molecule has 1 fully saturated rings. The molecule has 1 aliphatic heterocycles. The van der Waals surface area contributed by atoms with Crippen LogP contribution in [0.25, 0.3) is 0 Å². The van der Waals surface area contributed by atoms with Gasteiger partial charge in [-0.3, -0.25) is 4.79 Å². The molecule has 1 aliphatic rings. The lowest BCUT2D eigenvalue weighted by Gasteiger charge is -2.36. The quantitative estimate of drug-likeness (QED) is 0.737. The van der Waals surface area contributed by atoms with Crippen molar-refractivity contribution in [2.45, 2.75) is 25.3 Å². The molecule has 104 valence electrons. The Morgan fingerprint density at radius 2 is 2.32 bits per heavy atom. The van der Waals surface area contributed by atoms with Crippen LogP contribution in [0.3, 0.4) is 0 Å². The summed E-state index contributed by atoms with van der Waals surface area (Å²) in [6.45, 7) is 1.73. The standard InChI is InChI=1S/C14H18BrIN2O/c1-17-9-11-4-2-3-7-18(11)14(19)12-8-10(16)5-6-13(12)15/h5-6,8,11,17H,2-4,7,9H2,1H3. The molecule has 1 N–H and O–H groups in total. The zero-order valence-corrected chi connectivity index (χ0v) is 14.7. The molecular formula is C14H18BrIN2O. The number of halogens is 2. The number of likely N-dealkylation sites (N-methyl/N-ethyl adjacent to an activating group) is 1. The zero-order chi connectivity index (χ0) is 13.8. The highest BCUT2D eigenvalue weighted by Crippen LogP contribution is 2.25. The molecule has 1 aromatic carbocycles. The van der Waals surface area contributed by atoms with Gasteiger partial charge < -0.3 is 10.2 Å². The van der Waals surface area contributed by atoms with Crippen molar-refractivity contribution < 1.29 is 4.79 Å². The van der Waals surface area contributed by atoms with E-state index in [1.54, 1.807) is 0 Å². The summed E-state index contributed by atoms with van der Waals surface area (Å²) in [5.74, 6) is 0.144. The van der Waals surface area contributed by atoms with Gasteiger partial charge in [-0.2, -0.15) is 0 Å². The van der Waals surface area contributed by atoms with Crippen molar-refractivity contribution in [3.63, 3.8) is 0 Å². The fourth-order valence-corrected chi connectivity index (χ4v) is 3.44. The summed E-state index contributed by atoms with van der Waals surface area (Å²) in [5, 5.41) is 3.19. The molecule has 1 atom stereocenters. The molecule has 19 heavy (non-hydrogen) atoms. The average molecular weight is 437 g/mol. The second kappa shape index (κ2) is 7.04. The van der Waals surface area contributed by atoms with Gasteiger partial charge in [-0.25, -0.2) is 0 Å². The van der Waals surface area contributed by atoms with Gasteiger partial charge in [0.2, 0.25) is 0 Å². The van der Waals surface area contributed by atoms with Crippen LogP contribution >= 0.6 is 38.5 Å². The van der Waals surface area contributed by atoms with Crippen molar-refractivity contribution in [2.75, 3.05) is 20.1 Å². The van der Waals surface area contributed by atoms with Gasteiger partial charge in [0, 0.05) is 27.2 Å². The van der Waals surface area contributed by atoms with Gasteiger partial charge in [0.05, 0.1) is 5.56 Å². The number of nitrogens with one attached hydrogen (secondary N) is 1. The fraction of sp³-hybridized carbons (Fsp3) is 0.500. The molecule has 0 saturated carbocycles. The van der Waals surface area contributed by atoms with Gasteiger partial charge in [0.25, 0.3) is 5.91 Å². The number of piperidine rings is 1. The highest BCUT2D eigenvalue weighted by molar-refractivity contribution is 14.1. The van der Waals surface area contributed by atoms with Gasteiger partial charge in [-0.1, -0.05) is 0 Å². The van der Waals surface area contributed by atoms with Crippen LogP contribution in [0.5, 0.6) is 0 Å². The van der Waals surface area contributed by atoms with E-state index < -0.39 is 0 Å². The minimum atomic E-state index is 0.144. The van der Waals surface area contributed by atoms with Crippen LogP contribution in [-0.2, 0) is 0 Å². The number of carbonyl (C=O) groups is 1. The number of rotatable bonds is 3. The molecule has 1 unspecified atom stereocenters. The summed E-state index contributed by atoms with van der Waals surface area (Å²) in [7, 11) is 1.94. The topological polar surface area (TPSA) is 32.3 Å². The number of benzene rings is 1.